The Balaban J connectivity index is 1.93. The minimum Gasteiger partial charge on any atom is -0.326 e. The highest BCUT2D eigenvalue weighted by atomic mass is 19.4. The van der Waals surface area contributed by atoms with Crippen molar-refractivity contribution < 1.29 is 27.6 Å². The van der Waals surface area contributed by atoms with Gasteiger partial charge in [0.25, 0.3) is 0 Å². The summed E-state index contributed by atoms with van der Waals surface area (Å²) in [5.74, 6) is -1.50. The number of Topliss-reactive ketones (excluding diaryl/α,β-unsaturated/α-hetero) is 1. The highest BCUT2D eigenvalue weighted by Crippen LogP contribution is 2.30. The number of amides is 2. The lowest BCUT2D eigenvalue weighted by atomic mass is 10.1. The molecule has 0 saturated heterocycles. The van der Waals surface area contributed by atoms with E-state index in [1.807, 2.05) is 0 Å². The van der Waals surface area contributed by atoms with Gasteiger partial charge in [-0.15, -0.1) is 0 Å². The van der Waals surface area contributed by atoms with E-state index in [2.05, 4.69) is 10.6 Å². The molecular weight excluding hydrogens is 349 g/mol. The lowest BCUT2D eigenvalue weighted by Crippen LogP contribution is -2.21. The molecule has 0 bridgehead atoms. The summed E-state index contributed by atoms with van der Waals surface area (Å²) in [7, 11) is 0. The fourth-order valence-electron chi connectivity index (χ4n) is 2.12. The van der Waals surface area contributed by atoms with E-state index >= 15 is 0 Å². The van der Waals surface area contributed by atoms with Gasteiger partial charge in [-0.3, -0.25) is 14.4 Å². The van der Waals surface area contributed by atoms with Gasteiger partial charge in [-0.05, 0) is 49.4 Å². The van der Waals surface area contributed by atoms with Crippen LogP contribution in [-0.2, 0) is 15.8 Å². The van der Waals surface area contributed by atoms with Crippen molar-refractivity contribution in [2.24, 2.45) is 0 Å². The summed E-state index contributed by atoms with van der Waals surface area (Å²) in [4.78, 5) is 34.8. The molecule has 8 heteroatoms. The zero-order valence-electron chi connectivity index (χ0n) is 13.7. The van der Waals surface area contributed by atoms with Crippen molar-refractivity contribution in [2.45, 2.75) is 19.5 Å². The number of alkyl halides is 3. The molecule has 2 amide bonds. The Morgan fingerprint density at radius 3 is 2.00 bits per heavy atom. The Labute approximate surface area is 147 Å². The number of hydrogen-bond donors (Lipinski definition) is 2. The Morgan fingerprint density at radius 2 is 1.46 bits per heavy atom. The number of halogens is 3. The summed E-state index contributed by atoms with van der Waals surface area (Å²) in [6, 6.07) is 10.2. The first-order valence-corrected chi connectivity index (χ1v) is 7.53. The third-order valence-corrected chi connectivity index (χ3v) is 3.37. The topological polar surface area (TPSA) is 75.3 Å². The second-order valence-electron chi connectivity index (χ2n) is 5.49. The molecule has 2 N–H and O–H groups in total. The fraction of sp³-hybridized carbons (Fsp3) is 0.167. The molecule has 0 heterocycles. The Morgan fingerprint density at radius 1 is 0.885 bits per heavy atom. The average molecular weight is 364 g/mol. The van der Waals surface area contributed by atoms with Crippen LogP contribution in [0, 0.1) is 0 Å². The molecule has 0 atom stereocenters. The molecule has 0 radical (unpaired) electrons. The molecule has 0 aliphatic heterocycles. The van der Waals surface area contributed by atoms with E-state index in [9.17, 15) is 27.6 Å². The van der Waals surface area contributed by atoms with Gasteiger partial charge >= 0.3 is 6.18 Å². The molecule has 2 aromatic rings. The zero-order chi connectivity index (χ0) is 19.3. The molecule has 5 nitrogen and oxygen atoms in total. The third-order valence-electron chi connectivity index (χ3n) is 3.37. The van der Waals surface area contributed by atoms with Crippen LogP contribution in [0.5, 0.6) is 0 Å². The van der Waals surface area contributed by atoms with E-state index in [4.69, 9.17) is 0 Å². The molecule has 2 rings (SSSR count). The van der Waals surface area contributed by atoms with Crippen LogP contribution >= 0.6 is 0 Å². The number of hydrogen-bond acceptors (Lipinski definition) is 3. The summed E-state index contributed by atoms with van der Waals surface area (Å²) < 4.78 is 37.9. The molecule has 0 unspecified atom stereocenters. The lowest BCUT2D eigenvalue weighted by Gasteiger charge is -2.10. The largest absolute Gasteiger partial charge is 0.416 e. The Bertz CT molecular complexity index is 830. The molecule has 0 spiro atoms. The second kappa shape index (κ2) is 7.81. The fourth-order valence-corrected chi connectivity index (χ4v) is 2.12. The lowest BCUT2D eigenvalue weighted by molar-refractivity contribution is -0.137. The van der Waals surface area contributed by atoms with Gasteiger partial charge in [0.2, 0.25) is 11.8 Å². The molecule has 0 fully saturated rings. The molecule has 26 heavy (non-hydrogen) atoms. The molecule has 0 aliphatic carbocycles. The van der Waals surface area contributed by atoms with Crippen LogP contribution in [0.3, 0.4) is 0 Å². The SMILES string of the molecule is CC(=O)c1ccc(NC(=O)CC(=O)Nc2cccc(C(F)(F)F)c2)cc1. The van der Waals surface area contributed by atoms with Crippen molar-refractivity contribution >= 4 is 29.0 Å². The maximum absolute atomic E-state index is 12.6. The predicted octanol–water partition coefficient (Wildman–Crippen LogP) is 3.88. The van der Waals surface area contributed by atoms with E-state index in [1.54, 1.807) is 0 Å². The van der Waals surface area contributed by atoms with E-state index in [0.29, 0.717) is 11.3 Å². The Kier molecular flexibility index (Phi) is 5.76. The standard InChI is InChI=1S/C18H15F3N2O3/c1-11(24)12-5-7-14(8-6-12)22-16(25)10-17(26)23-15-4-2-3-13(9-15)18(19,20)21/h2-9H,10H2,1H3,(H,22,25)(H,23,26). The van der Waals surface area contributed by atoms with Gasteiger partial charge < -0.3 is 10.6 Å². The van der Waals surface area contributed by atoms with Gasteiger partial charge in [0.05, 0.1) is 5.56 Å². The number of rotatable bonds is 5. The second-order valence-corrected chi connectivity index (χ2v) is 5.49. The van der Waals surface area contributed by atoms with Gasteiger partial charge in [-0.2, -0.15) is 13.2 Å². The van der Waals surface area contributed by atoms with Crippen LogP contribution in [0.4, 0.5) is 24.5 Å². The van der Waals surface area contributed by atoms with Gasteiger partial charge in [-0.1, -0.05) is 6.07 Å². The van der Waals surface area contributed by atoms with E-state index in [1.165, 1.54) is 37.3 Å². The normalized spacial score (nSPS) is 10.9. The highest BCUT2D eigenvalue weighted by molar-refractivity contribution is 6.08. The summed E-state index contributed by atoms with van der Waals surface area (Å²) in [6.07, 6.45) is -5.09. The van der Waals surface area contributed by atoms with E-state index < -0.39 is 30.0 Å². The maximum atomic E-state index is 12.6. The van der Waals surface area contributed by atoms with Crippen molar-refractivity contribution in [2.75, 3.05) is 10.6 Å². The van der Waals surface area contributed by atoms with E-state index in [-0.39, 0.29) is 11.5 Å². The first-order chi connectivity index (χ1) is 12.1. The van der Waals surface area contributed by atoms with Crippen molar-refractivity contribution in [1.82, 2.24) is 0 Å². The summed E-state index contributed by atoms with van der Waals surface area (Å²) in [5.41, 5.74) is -0.0779. The van der Waals surface area contributed by atoms with Crippen LogP contribution in [0.2, 0.25) is 0 Å². The summed E-state index contributed by atoms with van der Waals surface area (Å²) in [6.45, 7) is 1.41. The first kappa shape index (κ1) is 19.2. The number of ketones is 1. The minimum atomic E-state index is -4.52. The number of carbonyl (C=O) groups excluding carboxylic acids is 3. The van der Waals surface area contributed by atoms with Gasteiger partial charge in [0.1, 0.15) is 6.42 Å². The predicted molar refractivity (Wildman–Crippen MR) is 89.8 cm³/mol. The van der Waals surface area contributed by atoms with Crippen molar-refractivity contribution in [3.63, 3.8) is 0 Å². The molecule has 136 valence electrons. The van der Waals surface area contributed by atoms with Gasteiger partial charge in [0.15, 0.2) is 5.78 Å². The smallest absolute Gasteiger partial charge is 0.326 e. The number of carbonyl (C=O) groups is 3. The van der Waals surface area contributed by atoms with Crippen molar-refractivity contribution in [3.05, 3.63) is 59.7 Å². The number of benzene rings is 2. The molecule has 0 aliphatic rings. The quantitative estimate of drug-likeness (QED) is 0.625. The van der Waals surface area contributed by atoms with Gasteiger partial charge in [-0.25, -0.2) is 0 Å². The minimum absolute atomic E-state index is 0.0524. The summed E-state index contributed by atoms with van der Waals surface area (Å²) in [5, 5.41) is 4.72. The van der Waals surface area contributed by atoms with Crippen LogP contribution in [0.25, 0.3) is 0 Å². The van der Waals surface area contributed by atoms with Crippen molar-refractivity contribution in [1.29, 1.82) is 0 Å². The van der Waals surface area contributed by atoms with Crippen molar-refractivity contribution in [3.8, 4) is 0 Å². The molecule has 0 aromatic heterocycles. The first-order valence-electron chi connectivity index (χ1n) is 7.53. The molecule has 2 aromatic carbocycles. The maximum Gasteiger partial charge on any atom is 0.416 e. The number of anilines is 2. The molecular formula is C18H15F3N2O3. The van der Waals surface area contributed by atoms with Crippen LogP contribution in [0.15, 0.2) is 48.5 Å². The van der Waals surface area contributed by atoms with Crippen LogP contribution in [-0.4, -0.2) is 17.6 Å². The monoisotopic (exact) mass is 364 g/mol. The van der Waals surface area contributed by atoms with Crippen LogP contribution < -0.4 is 10.6 Å². The third kappa shape index (κ3) is 5.44. The average Bonchev–Trinajstić information content (AvgIpc) is 2.54. The van der Waals surface area contributed by atoms with Crippen LogP contribution in [0.1, 0.15) is 29.3 Å². The summed E-state index contributed by atoms with van der Waals surface area (Å²) >= 11 is 0. The zero-order valence-corrected chi connectivity index (χ0v) is 13.7. The molecule has 0 saturated carbocycles. The number of nitrogens with one attached hydrogen (secondary N) is 2. The van der Waals surface area contributed by atoms with Gasteiger partial charge in [0, 0.05) is 16.9 Å². The van der Waals surface area contributed by atoms with E-state index in [0.717, 1.165) is 18.2 Å². The highest BCUT2D eigenvalue weighted by Gasteiger charge is 2.30. The Hall–Kier alpha value is -3.16.